The van der Waals surface area contributed by atoms with Gasteiger partial charge in [0.05, 0.1) is 5.69 Å². The second-order valence-electron chi connectivity index (χ2n) is 5.20. The van der Waals surface area contributed by atoms with Crippen LogP contribution in [0.4, 0.5) is 11.4 Å². The van der Waals surface area contributed by atoms with Crippen molar-refractivity contribution in [1.29, 1.82) is 0 Å². The molecule has 0 saturated heterocycles. The van der Waals surface area contributed by atoms with Crippen LogP contribution in [0.1, 0.15) is 22.8 Å². The van der Waals surface area contributed by atoms with E-state index in [4.69, 9.17) is 10.5 Å². The Morgan fingerprint density at radius 2 is 1.88 bits per heavy atom. The number of ether oxygens (including phenoxy) is 1. The number of aldehydes is 1. The molecule has 0 amide bonds. The van der Waals surface area contributed by atoms with E-state index in [0.29, 0.717) is 5.69 Å². The summed E-state index contributed by atoms with van der Waals surface area (Å²) in [6.45, 7) is 1.87. The first kappa shape index (κ1) is 20.5. The van der Waals surface area contributed by atoms with Crippen LogP contribution < -0.4 is 11.1 Å². The van der Waals surface area contributed by atoms with Crippen molar-refractivity contribution in [3.05, 3.63) is 65.4 Å². The normalized spacial score (nSPS) is 16.8. The van der Waals surface area contributed by atoms with E-state index in [1.165, 1.54) is 0 Å². The molecule has 0 bridgehead atoms. The predicted molar refractivity (Wildman–Crippen MR) is 107 cm³/mol. The average Bonchev–Trinajstić information content (AvgIpc) is 2.58. The summed E-state index contributed by atoms with van der Waals surface area (Å²) >= 11 is 0. The highest BCUT2D eigenvalue weighted by molar-refractivity contribution is 5.95. The molecule has 0 aromatic heterocycles. The van der Waals surface area contributed by atoms with Crippen molar-refractivity contribution >= 4 is 54.6 Å². The average molecular weight is 380 g/mol. The van der Waals surface area contributed by atoms with Gasteiger partial charge in [-0.2, -0.15) is 0 Å². The molecule has 0 saturated carbocycles. The van der Waals surface area contributed by atoms with Gasteiger partial charge >= 0.3 is 0 Å². The quantitative estimate of drug-likeness (QED) is 0.620. The van der Waals surface area contributed by atoms with E-state index in [2.05, 4.69) is 10.3 Å². The number of rotatable bonds is 3. The van der Waals surface area contributed by atoms with E-state index < -0.39 is 6.10 Å². The van der Waals surface area contributed by atoms with Gasteiger partial charge in [0, 0.05) is 17.5 Å². The number of aliphatic imine (C=N–C) groups is 1. The lowest BCUT2D eigenvalue weighted by molar-refractivity contribution is -0.114. The van der Waals surface area contributed by atoms with Crippen LogP contribution in [-0.2, 0) is 9.53 Å². The number of anilines is 2. The van der Waals surface area contributed by atoms with Gasteiger partial charge in [0.25, 0.3) is 6.02 Å². The van der Waals surface area contributed by atoms with Crippen LogP contribution in [0.2, 0.25) is 0 Å². The molecule has 1 atom stereocenters. The number of benzene rings is 2. The summed E-state index contributed by atoms with van der Waals surface area (Å²) in [5.74, 6) is 0. The molecule has 7 heteroatoms. The molecule has 1 aliphatic rings. The van der Waals surface area contributed by atoms with E-state index in [9.17, 15) is 4.79 Å². The second-order valence-corrected chi connectivity index (χ2v) is 5.20. The fraction of sp³-hybridized carbons (Fsp3) is 0.111. The highest BCUT2D eigenvalue weighted by Crippen LogP contribution is 2.34. The minimum atomic E-state index is -0.710. The maximum atomic E-state index is 11.4. The Bertz CT molecular complexity index is 792. The van der Waals surface area contributed by atoms with Gasteiger partial charge in [0.15, 0.2) is 12.4 Å². The molecular weight excluding hydrogens is 361 g/mol. The molecule has 1 heterocycles. The number of nitrogens with two attached hydrogens (primary N) is 1. The van der Waals surface area contributed by atoms with E-state index in [0.717, 1.165) is 28.7 Å². The Labute approximate surface area is 158 Å². The zero-order valence-electron chi connectivity index (χ0n) is 13.5. The summed E-state index contributed by atoms with van der Waals surface area (Å²) in [6.07, 6.45) is 3.54. The number of nitrogen functional groups attached to an aromatic ring is 1. The predicted octanol–water partition coefficient (Wildman–Crippen LogP) is 4.13. The summed E-state index contributed by atoms with van der Waals surface area (Å²) < 4.78 is 5.60. The second kappa shape index (κ2) is 9.11. The standard InChI is InChI=1S/C18H17N3O2.2ClH/c1-12-14(19)7-8-15-17(12)16(11-22)23-18(21-15)20-10-9-13-5-3-2-4-6-13;;/h2-11,16H,19H2,1H3,(H,20,21);2*1H. The third-order valence-corrected chi connectivity index (χ3v) is 3.70. The zero-order chi connectivity index (χ0) is 16.2. The van der Waals surface area contributed by atoms with Crippen LogP contribution in [-0.4, -0.2) is 12.3 Å². The molecule has 2 aromatic carbocycles. The fourth-order valence-electron chi connectivity index (χ4n) is 2.46. The van der Waals surface area contributed by atoms with Crippen molar-refractivity contribution in [2.45, 2.75) is 13.0 Å². The molecule has 1 unspecified atom stereocenters. The van der Waals surface area contributed by atoms with Crippen LogP contribution in [0.25, 0.3) is 6.08 Å². The number of halogens is 2. The minimum Gasteiger partial charge on any atom is -0.449 e. The smallest absolute Gasteiger partial charge is 0.294 e. The number of fused-ring (bicyclic) bond motifs is 1. The maximum Gasteiger partial charge on any atom is 0.294 e. The maximum absolute atomic E-state index is 11.4. The Hall–Kier alpha value is -2.50. The first-order valence-corrected chi connectivity index (χ1v) is 7.26. The summed E-state index contributed by atoms with van der Waals surface area (Å²) in [5, 5.41) is 3.08. The number of hydrogen-bond acceptors (Lipinski definition) is 4. The van der Waals surface area contributed by atoms with Crippen molar-refractivity contribution in [2.75, 3.05) is 11.1 Å². The number of amidine groups is 1. The third-order valence-electron chi connectivity index (χ3n) is 3.70. The molecule has 3 N–H and O–H groups in total. The van der Waals surface area contributed by atoms with Crippen molar-refractivity contribution in [3.63, 3.8) is 0 Å². The minimum absolute atomic E-state index is 0. The monoisotopic (exact) mass is 379 g/mol. The Balaban J connectivity index is 0.00000156. The highest BCUT2D eigenvalue weighted by atomic mass is 35.5. The largest absolute Gasteiger partial charge is 0.449 e. The van der Waals surface area contributed by atoms with Crippen LogP contribution in [0.3, 0.4) is 0 Å². The lowest BCUT2D eigenvalue weighted by atomic mass is 9.99. The fourth-order valence-corrected chi connectivity index (χ4v) is 2.46. The molecule has 0 aliphatic carbocycles. The van der Waals surface area contributed by atoms with Crippen LogP contribution >= 0.6 is 24.8 Å². The van der Waals surface area contributed by atoms with Gasteiger partial charge in [0.1, 0.15) is 0 Å². The van der Waals surface area contributed by atoms with E-state index in [-0.39, 0.29) is 30.8 Å². The van der Waals surface area contributed by atoms with Crippen LogP contribution in [0.5, 0.6) is 0 Å². The number of carbonyl (C=O) groups excluding carboxylic acids is 1. The molecule has 0 spiro atoms. The van der Waals surface area contributed by atoms with E-state index in [1.54, 1.807) is 12.3 Å². The molecule has 0 radical (unpaired) electrons. The van der Waals surface area contributed by atoms with Gasteiger partial charge in [-0.1, -0.05) is 30.3 Å². The van der Waals surface area contributed by atoms with Gasteiger partial charge in [-0.3, -0.25) is 4.79 Å². The number of carbonyl (C=O) groups is 1. The molecule has 0 fully saturated rings. The van der Waals surface area contributed by atoms with Crippen molar-refractivity contribution in [1.82, 2.24) is 0 Å². The number of nitrogens with one attached hydrogen (secondary N) is 1. The molecule has 1 aliphatic heterocycles. The molecule has 3 rings (SSSR count). The highest BCUT2D eigenvalue weighted by Gasteiger charge is 2.27. The van der Waals surface area contributed by atoms with E-state index >= 15 is 0 Å². The SMILES string of the molecule is Cc1c(N)ccc2c1C(C=O)OC(=NC=Cc1ccccc1)N2.Cl.Cl. The van der Waals surface area contributed by atoms with Gasteiger partial charge in [-0.15, -0.1) is 24.8 Å². The first-order chi connectivity index (χ1) is 11.2. The van der Waals surface area contributed by atoms with Crippen molar-refractivity contribution in [2.24, 2.45) is 4.99 Å². The summed E-state index contributed by atoms with van der Waals surface area (Å²) in [7, 11) is 0. The Kier molecular flexibility index (Phi) is 7.48. The first-order valence-electron chi connectivity index (χ1n) is 7.26. The summed E-state index contributed by atoms with van der Waals surface area (Å²) in [4.78, 5) is 15.6. The zero-order valence-corrected chi connectivity index (χ0v) is 15.1. The molecule has 25 heavy (non-hydrogen) atoms. The van der Waals surface area contributed by atoms with Crippen molar-refractivity contribution < 1.29 is 9.53 Å². The van der Waals surface area contributed by atoms with Gasteiger partial charge in [-0.05, 0) is 36.3 Å². The van der Waals surface area contributed by atoms with Crippen molar-refractivity contribution in [3.8, 4) is 0 Å². The molecular formula is C18H19Cl2N3O2. The van der Waals surface area contributed by atoms with E-state index in [1.807, 2.05) is 49.4 Å². The summed E-state index contributed by atoms with van der Waals surface area (Å²) in [6, 6.07) is 13.7. The molecule has 2 aromatic rings. The topological polar surface area (TPSA) is 76.7 Å². The Morgan fingerprint density at radius 1 is 1.16 bits per heavy atom. The number of hydrogen-bond donors (Lipinski definition) is 2. The lowest BCUT2D eigenvalue weighted by Gasteiger charge is -2.27. The van der Waals surface area contributed by atoms with Gasteiger partial charge in [0.2, 0.25) is 0 Å². The van der Waals surface area contributed by atoms with Gasteiger partial charge in [-0.25, -0.2) is 4.99 Å². The molecule has 132 valence electrons. The van der Waals surface area contributed by atoms with Gasteiger partial charge < -0.3 is 15.8 Å². The Morgan fingerprint density at radius 3 is 2.56 bits per heavy atom. The third kappa shape index (κ3) is 4.53. The van der Waals surface area contributed by atoms with Crippen LogP contribution in [0, 0.1) is 6.92 Å². The van der Waals surface area contributed by atoms with Crippen LogP contribution in [0.15, 0.2) is 53.7 Å². The summed E-state index contributed by atoms with van der Waals surface area (Å²) in [5.41, 5.74) is 9.94. The molecule has 5 nitrogen and oxygen atoms in total. The number of nitrogens with zero attached hydrogens (tertiary/aromatic N) is 1. The lowest BCUT2D eigenvalue weighted by Crippen LogP contribution is -2.27.